The molecule has 3 nitrogen and oxygen atoms in total. The molecule has 2 aromatic rings. The molecule has 0 saturated carbocycles. The summed E-state index contributed by atoms with van der Waals surface area (Å²) in [4.78, 5) is 0. The molecular weight excluding hydrogens is 360 g/mol. The van der Waals surface area contributed by atoms with Gasteiger partial charge in [-0.15, -0.1) is 0 Å². The van der Waals surface area contributed by atoms with Crippen LogP contribution in [0.15, 0.2) is 72.8 Å². The maximum absolute atomic E-state index is 6.81. The van der Waals surface area contributed by atoms with Gasteiger partial charge in [-0.2, -0.15) is 0 Å². The number of allylic oxidation sites excluding steroid dienone is 4. The van der Waals surface area contributed by atoms with Gasteiger partial charge in [0.05, 0.1) is 13.2 Å². The van der Waals surface area contributed by atoms with Crippen molar-refractivity contribution in [3.8, 4) is 0 Å². The Hall–Kier alpha value is -2.20. The molecule has 4 unspecified atom stereocenters. The topological polar surface area (TPSA) is 34.3 Å². The molecule has 152 valence electrons. The monoisotopic (exact) mass is 390 g/mol. The predicted octanol–water partition coefficient (Wildman–Crippen LogP) is 5.52. The lowest BCUT2D eigenvalue weighted by atomic mass is 9.95. The third-order valence-corrected chi connectivity index (χ3v) is 5.56. The summed E-state index contributed by atoms with van der Waals surface area (Å²) in [6.45, 7) is 5.62. The second kappa shape index (κ2) is 9.53. The van der Waals surface area contributed by atoms with Crippen LogP contribution < -0.4 is 0 Å². The van der Waals surface area contributed by atoms with Crippen LogP contribution in [-0.4, -0.2) is 25.4 Å². The Balaban J connectivity index is 1.64. The molecular formula is C26H30O3. The van der Waals surface area contributed by atoms with E-state index >= 15 is 0 Å². The summed E-state index contributed by atoms with van der Waals surface area (Å²) < 4.78 is 18.3. The maximum Gasteiger partial charge on any atom is 0.112 e. The van der Waals surface area contributed by atoms with Gasteiger partial charge in [0, 0.05) is 0 Å². The summed E-state index contributed by atoms with van der Waals surface area (Å²) >= 11 is 0. The van der Waals surface area contributed by atoms with Gasteiger partial charge in [-0.25, -0.2) is 0 Å². The highest BCUT2D eigenvalue weighted by atomic mass is 16.6. The average Bonchev–Trinajstić information content (AvgIpc) is 3.66. The van der Waals surface area contributed by atoms with E-state index in [0.717, 1.165) is 26.1 Å². The molecule has 0 bridgehead atoms. The van der Waals surface area contributed by atoms with Crippen molar-refractivity contribution in [3.05, 3.63) is 95.1 Å². The van der Waals surface area contributed by atoms with E-state index in [2.05, 4.69) is 86.7 Å². The van der Waals surface area contributed by atoms with Crippen molar-refractivity contribution in [3.63, 3.8) is 0 Å². The second-order valence-electron chi connectivity index (χ2n) is 7.66. The van der Waals surface area contributed by atoms with Crippen LogP contribution in [0.3, 0.4) is 0 Å². The van der Waals surface area contributed by atoms with E-state index in [9.17, 15) is 0 Å². The molecule has 0 aromatic heterocycles. The van der Waals surface area contributed by atoms with Gasteiger partial charge in [0.2, 0.25) is 0 Å². The van der Waals surface area contributed by atoms with E-state index in [1.165, 1.54) is 22.3 Å². The van der Waals surface area contributed by atoms with Gasteiger partial charge in [-0.05, 0) is 48.9 Å². The molecule has 0 amide bonds. The Kier molecular flexibility index (Phi) is 6.60. The summed E-state index contributed by atoms with van der Waals surface area (Å²) in [7, 11) is 0. The Morgan fingerprint density at radius 3 is 1.59 bits per heavy atom. The van der Waals surface area contributed by atoms with Crippen LogP contribution in [0.25, 0.3) is 0 Å². The molecule has 29 heavy (non-hydrogen) atoms. The minimum atomic E-state index is -0.0829. The van der Waals surface area contributed by atoms with Crippen molar-refractivity contribution in [2.45, 2.75) is 51.1 Å². The Morgan fingerprint density at radius 1 is 0.793 bits per heavy atom. The molecule has 2 heterocycles. The van der Waals surface area contributed by atoms with Crippen LogP contribution in [0.5, 0.6) is 0 Å². The zero-order valence-electron chi connectivity index (χ0n) is 17.3. The highest BCUT2D eigenvalue weighted by Gasteiger charge is 2.43. The Morgan fingerprint density at radius 2 is 1.21 bits per heavy atom. The minimum absolute atomic E-state index is 0.0829. The largest absolute Gasteiger partial charge is 0.370 e. The molecule has 2 aliphatic rings. The number of ether oxygens (including phenoxy) is 3. The fraction of sp³-hybridized carbons (Fsp3) is 0.385. The van der Waals surface area contributed by atoms with E-state index in [4.69, 9.17) is 14.2 Å². The lowest BCUT2D eigenvalue weighted by molar-refractivity contribution is -0.0425. The standard InChI is InChI=1S/C26H30O3/c1-3-5-11-19-13-7-9-15-21(19)25(23-17-27-23)29-26(24-18-28-24)22-16-10-8-14-20(22)12-6-4-2/h3-10,13-16,23-26H,11-12,17-18H2,1-2H3. The molecule has 0 spiro atoms. The Bertz CT molecular complexity index is 790. The first-order valence-corrected chi connectivity index (χ1v) is 10.6. The van der Waals surface area contributed by atoms with E-state index in [-0.39, 0.29) is 24.4 Å². The van der Waals surface area contributed by atoms with Gasteiger partial charge in [-0.3, -0.25) is 0 Å². The molecule has 0 radical (unpaired) electrons. The van der Waals surface area contributed by atoms with Crippen LogP contribution in [0.1, 0.15) is 48.3 Å². The van der Waals surface area contributed by atoms with Gasteiger partial charge in [-0.1, -0.05) is 72.8 Å². The van der Waals surface area contributed by atoms with Crippen LogP contribution >= 0.6 is 0 Å². The van der Waals surface area contributed by atoms with Gasteiger partial charge in [0.25, 0.3) is 0 Å². The third kappa shape index (κ3) is 5.05. The molecule has 0 N–H and O–H groups in total. The smallest absolute Gasteiger partial charge is 0.112 e. The lowest BCUT2D eigenvalue weighted by Gasteiger charge is -2.26. The van der Waals surface area contributed by atoms with Gasteiger partial charge in [0.1, 0.15) is 24.4 Å². The molecule has 4 atom stereocenters. The zero-order valence-corrected chi connectivity index (χ0v) is 17.3. The highest BCUT2D eigenvalue weighted by molar-refractivity contribution is 5.35. The van der Waals surface area contributed by atoms with E-state index in [0.29, 0.717) is 0 Å². The number of benzene rings is 2. The molecule has 2 saturated heterocycles. The lowest BCUT2D eigenvalue weighted by Crippen LogP contribution is -2.21. The van der Waals surface area contributed by atoms with E-state index in [1.54, 1.807) is 0 Å². The Labute approximate surface area is 174 Å². The fourth-order valence-electron chi connectivity index (χ4n) is 3.83. The van der Waals surface area contributed by atoms with Crippen LogP contribution in [0.2, 0.25) is 0 Å². The molecule has 2 aromatic carbocycles. The minimum Gasteiger partial charge on any atom is -0.370 e. The van der Waals surface area contributed by atoms with Crippen molar-refractivity contribution in [2.24, 2.45) is 0 Å². The van der Waals surface area contributed by atoms with Crippen LogP contribution in [0, 0.1) is 0 Å². The normalized spacial score (nSPS) is 22.8. The second-order valence-corrected chi connectivity index (χ2v) is 7.66. The van der Waals surface area contributed by atoms with Crippen molar-refractivity contribution < 1.29 is 14.2 Å². The van der Waals surface area contributed by atoms with Gasteiger partial charge >= 0.3 is 0 Å². The van der Waals surface area contributed by atoms with Gasteiger partial charge < -0.3 is 14.2 Å². The van der Waals surface area contributed by atoms with E-state index < -0.39 is 0 Å². The van der Waals surface area contributed by atoms with Crippen LogP contribution in [0.4, 0.5) is 0 Å². The van der Waals surface area contributed by atoms with Gasteiger partial charge in [0.15, 0.2) is 0 Å². The fourth-order valence-corrected chi connectivity index (χ4v) is 3.83. The third-order valence-electron chi connectivity index (χ3n) is 5.56. The van der Waals surface area contributed by atoms with Crippen molar-refractivity contribution in [1.29, 1.82) is 0 Å². The predicted molar refractivity (Wildman–Crippen MR) is 116 cm³/mol. The first-order valence-electron chi connectivity index (χ1n) is 10.6. The van der Waals surface area contributed by atoms with Crippen molar-refractivity contribution in [1.82, 2.24) is 0 Å². The highest BCUT2D eigenvalue weighted by Crippen LogP contribution is 2.42. The first-order chi connectivity index (χ1) is 14.3. The maximum atomic E-state index is 6.81. The number of epoxide rings is 2. The molecule has 2 aliphatic heterocycles. The first kappa shape index (κ1) is 20.1. The summed E-state index contributed by atoms with van der Waals surface area (Å²) in [5, 5.41) is 0. The summed E-state index contributed by atoms with van der Waals surface area (Å²) in [5.74, 6) is 0. The summed E-state index contributed by atoms with van der Waals surface area (Å²) in [6, 6.07) is 17.1. The number of rotatable bonds is 10. The summed E-state index contributed by atoms with van der Waals surface area (Å²) in [5.41, 5.74) is 5.04. The van der Waals surface area contributed by atoms with E-state index in [1.807, 2.05) is 0 Å². The molecule has 2 fully saturated rings. The number of hydrogen-bond acceptors (Lipinski definition) is 3. The average molecular weight is 391 g/mol. The molecule has 0 aliphatic carbocycles. The summed E-state index contributed by atoms with van der Waals surface area (Å²) in [6.07, 6.45) is 10.5. The van der Waals surface area contributed by atoms with Crippen LogP contribution in [-0.2, 0) is 27.1 Å². The molecule has 4 rings (SSSR count). The molecule has 3 heteroatoms. The SMILES string of the molecule is CC=CCc1ccccc1C(OC(c1ccccc1CC=CC)C1CO1)C1CO1. The van der Waals surface area contributed by atoms with Crippen molar-refractivity contribution in [2.75, 3.05) is 13.2 Å². The zero-order chi connectivity index (χ0) is 20.1. The van der Waals surface area contributed by atoms with Crippen molar-refractivity contribution >= 4 is 0 Å². The number of hydrogen-bond donors (Lipinski definition) is 0. The quantitative estimate of drug-likeness (QED) is 0.396.